The lowest BCUT2D eigenvalue weighted by molar-refractivity contribution is -0.115. The monoisotopic (exact) mass is 348 g/mol. The molecule has 0 aliphatic carbocycles. The molecule has 0 bridgehead atoms. The van der Waals surface area contributed by atoms with Crippen molar-refractivity contribution in [2.75, 3.05) is 10.6 Å². The van der Waals surface area contributed by atoms with E-state index < -0.39 is 0 Å². The zero-order chi connectivity index (χ0) is 18.4. The highest BCUT2D eigenvalue weighted by Crippen LogP contribution is 2.15. The number of anilines is 2. The molecule has 132 valence electrons. The van der Waals surface area contributed by atoms with E-state index in [1.165, 1.54) is 23.3 Å². The summed E-state index contributed by atoms with van der Waals surface area (Å²) in [4.78, 5) is 12.1. The van der Waals surface area contributed by atoms with Crippen LogP contribution in [0.25, 0.3) is 0 Å². The van der Waals surface area contributed by atoms with Crippen LogP contribution in [-0.2, 0) is 17.8 Å². The molecule has 0 heterocycles. The third kappa shape index (κ3) is 5.18. The Morgan fingerprint density at radius 3 is 2.27 bits per heavy atom. The normalized spacial score (nSPS) is 10.4. The molecular weight excluding hydrogens is 327 g/mol. The van der Waals surface area contributed by atoms with Gasteiger partial charge in [-0.1, -0.05) is 42.0 Å². The van der Waals surface area contributed by atoms with E-state index in [-0.39, 0.29) is 18.1 Å². The van der Waals surface area contributed by atoms with E-state index in [2.05, 4.69) is 41.8 Å². The molecule has 0 atom stereocenters. The summed E-state index contributed by atoms with van der Waals surface area (Å²) in [6.07, 6.45) is 0.144. The van der Waals surface area contributed by atoms with Gasteiger partial charge in [0.25, 0.3) is 0 Å². The lowest BCUT2D eigenvalue weighted by Gasteiger charge is -2.09. The molecule has 0 fully saturated rings. The van der Waals surface area contributed by atoms with E-state index in [0.29, 0.717) is 11.3 Å². The number of amides is 1. The van der Waals surface area contributed by atoms with Gasteiger partial charge in [0, 0.05) is 17.9 Å². The van der Waals surface area contributed by atoms with Crippen LogP contribution < -0.4 is 10.6 Å². The number of hydrogen-bond acceptors (Lipinski definition) is 2. The summed E-state index contributed by atoms with van der Waals surface area (Å²) in [5, 5.41) is 6.18. The number of nitrogens with one attached hydrogen (secondary N) is 2. The van der Waals surface area contributed by atoms with Crippen LogP contribution >= 0.6 is 0 Å². The Balaban J connectivity index is 1.52. The molecule has 0 saturated carbocycles. The third-order valence-electron chi connectivity index (χ3n) is 4.04. The van der Waals surface area contributed by atoms with Crippen molar-refractivity contribution in [1.29, 1.82) is 0 Å². The van der Waals surface area contributed by atoms with E-state index in [4.69, 9.17) is 0 Å². The van der Waals surface area contributed by atoms with Crippen LogP contribution in [-0.4, -0.2) is 5.91 Å². The number of carbonyl (C=O) groups is 1. The minimum atomic E-state index is -0.334. The van der Waals surface area contributed by atoms with E-state index in [1.807, 2.05) is 24.3 Å². The second kappa shape index (κ2) is 8.30. The van der Waals surface area contributed by atoms with E-state index in [9.17, 15) is 9.18 Å². The quantitative estimate of drug-likeness (QED) is 0.663. The fourth-order valence-electron chi connectivity index (χ4n) is 2.62. The summed E-state index contributed by atoms with van der Waals surface area (Å²) in [6.45, 7) is 2.81. The van der Waals surface area contributed by atoms with Gasteiger partial charge in [-0.15, -0.1) is 0 Å². The number of halogens is 1. The van der Waals surface area contributed by atoms with Crippen LogP contribution in [0.15, 0.2) is 72.8 Å². The smallest absolute Gasteiger partial charge is 0.228 e. The number of rotatable bonds is 6. The van der Waals surface area contributed by atoms with Crippen LogP contribution in [0, 0.1) is 12.7 Å². The molecule has 4 heteroatoms. The van der Waals surface area contributed by atoms with Gasteiger partial charge in [-0.25, -0.2) is 4.39 Å². The van der Waals surface area contributed by atoms with Crippen molar-refractivity contribution < 1.29 is 9.18 Å². The first-order valence-corrected chi connectivity index (χ1v) is 8.52. The van der Waals surface area contributed by atoms with Crippen LogP contribution in [0.2, 0.25) is 0 Å². The van der Waals surface area contributed by atoms with Crippen molar-refractivity contribution in [3.63, 3.8) is 0 Å². The van der Waals surface area contributed by atoms with Gasteiger partial charge < -0.3 is 10.6 Å². The number of aryl methyl sites for hydroxylation is 1. The molecule has 3 nitrogen and oxygen atoms in total. The zero-order valence-electron chi connectivity index (χ0n) is 14.6. The second-order valence-corrected chi connectivity index (χ2v) is 6.27. The minimum Gasteiger partial charge on any atom is -0.381 e. The van der Waals surface area contributed by atoms with Gasteiger partial charge >= 0.3 is 0 Å². The Bertz CT molecular complexity index is 873. The Labute approximate surface area is 152 Å². The Morgan fingerprint density at radius 1 is 0.885 bits per heavy atom. The lowest BCUT2D eigenvalue weighted by Crippen LogP contribution is -2.14. The molecule has 0 unspecified atom stereocenters. The third-order valence-corrected chi connectivity index (χ3v) is 4.04. The standard InChI is InChI=1S/C22H21FN2O/c1-16-5-7-17(8-6-16)15-24-20-9-11-21(12-10-20)25-22(26)14-18-3-2-4-19(23)13-18/h2-13,24H,14-15H2,1H3,(H,25,26). The molecule has 3 aromatic rings. The van der Waals surface area contributed by atoms with Gasteiger partial charge in [0.2, 0.25) is 5.91 Å². The number of carbonyl (C=O) groups excluding carboxylic acids is 1. The van der Waals surface area contributed by atoms with Crippen LogP contribution in [0.1, 0.15) is 16.7 Å². The molecule has 1 amide bonds. The highest BCUT2D eigenvalue weighted by Gasteiger charge is 2.05. The van der Waals surface area contributed by atoms with Gasteiger partial charge in [-0.05, 0) is 54.4 Å². The molecule has 0 saturated heterocycles. The highest BCUT2D eigenvalue weighted by molar-refractivity contribution is 5.92. The molecule has 0 aromatic heterocycles. The zero-order valence-corrected chi connectivity index (χ0v) is 14.6. The average Bonchev–Trinajstić information content (AvgIpc) is 2.62. The largest absolute Gasteiger partial charge is 0.381 e. The molecule has 3 aromatic carbocycles. The van der Waals surface area contributed by atoms with Crippen LogP contribution in [0.4, 0.5) is 15.8 Å². The van der Waals surface area contributed by atoms with Crippen LogP contribution in [0.5, 0.6) is 0 Å². The van der Waals surface area contributed by atoms with Gasteiger partial charge in [-0.3, -0.25) is 4.79 Å². The van der Waals surface area contributed by atoms with E-state index >= 15 is 0 Å². The van der Waals surface area contributed by atoms with Gasteiger partial charge in [0.15, 0.2) is 0 Å². The maximum absolute atomic E-state index is 13.2. The molecule has 3 rings (SSSR count). The Kier molecular flexibility index (Phi) is 5.64. The summed E-state index contributed by atoms with van der Waals surface area (Å²) >= 11 is 0. The van der Waals surface area contributed by atoms with Gasteiger partial charge in [0.05, 0.1) is 6.42 Å². The molecule has 0 radical (unpaired) electrons. The molecule has 0 aliphatic rings. The fourth-order valence-corrected chi connectivity index (χ4v) is 2.62. The number of benzene rings is 3. The first kappa shape index (κ1) is 17.7. The van der Waals surface area contributed by atoms with Crippen molar-refractivity contribution >= 4 is 17.3 Å². The number of hydrogen-bond donors (Lipinski definition) is 2. The summed E-state index contributed by atoms with van der Waals surface area (Å²) in [5.74, 6) is -0.504. The van der Waals surface area contributed by atoms with Gasteiger partial charge in [-0.2, -0.15) is 0 Å². The minimum absolute atomic E-state index is 0.144. The highest BCUT2D eigenvalue weighted by atomic mass is 19.1. The molecule has 0 spiro atoms. The predicted molar refractivity (Wildman–Crippen MR) is 104 cm³/mol. The fraction of sp³-hybridized carbons (Fsp3) is 0.136. The SMILES string of the molecule is Cc1ccc(CNc2ccc(NC(=O)Cc3cccc(F)c3)cc2)cc1. The first-order valence-electron chi connectivity index (χ1n) is 8.52. The molecule has 0 aliphatic heterocycles. The summed E-state index contributed by atoms with van der Waals surface area (Å²) in [7, 11) is 0. The molecule has 26 heavy (non-hydrogen) atoms. The van der Waals surface area contributed by atoms with Crippen molar-refractivity contribution in [3.05, 3.63) is 95.3 Å². The average molecular weight is 348 g/mol. The van der Waals surface area contributed by atoms with Crippen LogP contribution in [0.3, 0.4) is 0 Å². The van der Waals surface area contributed by atoms with Gasteiger partial charge in [0.1, 0.15) is 5.82 Å². The Morgan fingerprint density at radius 2 is 1.58 bits per heavy atom. The van der Waals surface area contributed by atoms with Crippen molar-refractivity contribution in [1.82, 2.24) is 0 Å². The Hall–Kier alpha value is -3.14. The summed E-state index contributed by atoms with van der Waals surface area (Å²) < 4.78 is 13.2. The van der Waals surface area contributed by atoms with E-state index in [1.54, 1.807) is 12.1 Å². The summed E-state index contributed by atoms with van der Waals surface area (Å²) in [6, 6.07) is 22.0. The molecular formula is C22H21FN2O. The summed E-state index contributed by atoms with van der Waals surface area (Å²) in [5.41, 5.74) is 4.80. The lowest BCUT2D eigenvalue weighted by atomic mass is 10.1. The van der Waals surface area contributed by atoms with Crippen molar-refractivity contribution in [3.8, 4) is 0 Å². The molecule has 2 N–H and O–H groups in total. The second-order valence-electron chi connectivity index (χ2n) is 6.27. The maximum atomic E-state index is 13.2. The predicted octanol–water partition coefficient (Wildman–Crippen LogP) is 4.93. The maximum Gasteiger partial charge on any atom is 0.228 e. The van der Waals surface area contributed by atoms with Crippen molar-refractivity contribution in [2.24, 2.45) is 0 Å². The van der Waals surface area contributed by atoms with E-state index in [0.717, 1.165) is 12.2 Å². The van der Waals surface area contributed by atoms with Crippen molar-refractivity contribution in [2.45, 2.75) is 19.9 Å². The first-order chi connectivity index (χ1) is 12.6. The topological polar surface area (TPSA) is 41.1 Å².